The lowest BCUT2D eigenvalue weighted by Crippen LogP contribution is -2.09. The van der Waals surface area contributed by atoms with Crippen LogP contribution < -0.4 is 9.64 Å². The van der Waals surface area contributed by atoms with Crippen molar-refractivity contribution in [1.29, 1.82) is 0 Å². The van der Waals surface area contributed by atoms with Gasteiger partial charge in [-0.1, -0.05) is 24.3 Å². The molecule has 0 heterocycles. The number of benzene rings is 2. The SMILES string of the molecule is COc1ccc(CCC(O)c2cccc(N(C)C)c2)cc1. The number of anilines is 1. The molecule has 2 aromatic rings. The minimum atomic E-state index is -0.438. The number of hydrogen-bond donors (Lipinski definition) is 1. The van der Waals surface area contributed by atoms with Crippen LogP contribution in [0.4, 0.5) is 5.69 Å². The van der Waals surface area contributed by atoms with Gasteiger partial charge in [0.05, 0.1) is 13.2 Å². The first kappa shape index (κ1) is 15.4. The summed E-state index contributed by atoms with van der Waals surface area (Å²) in [5, 5.41) is 10.3. The molecular formula is C18H23NO2. The third kappa shape index (κ3) is 4.23. The molecule has 0 aliphatic rings. The normalized spacial score (nSPS) is 12.0. The van der Waals surface area contributed by atoms with E-state index in [4.69, 9.17) is 4.74 Å². The van der Waals surface area contributed by atoms with E-state index < -0.39 is 6.10 Å². The molecule has 1 unspecified atom stereocenters. The van der Waals surface area contributed by atoms with E-state index in [2.05, 4.69) is 0 Å². The molecule has 0 aromatic heterocycles. The van der Waals surface area contributed by atoms with Crippen molar-refractivity contribution in [2.45, 2.75) is 18.9 Å². The molecule has 1 atom stereocenters. The standard InChI is InChI=1S/C18H23NO2/c1-19(2)16-6-4-5-15(13-16)18(20)12-9-14-7-10-17(21-3)11-8-14/h4-8,10-11,13,18,20H,9,12H2,1-3H3. The van der Waals surface area contributed by atoms with E-state index in [1.165, 1.54) is 5.56 Å². The van der Waals surface area contributed by atoms with Crippen LogP contribution in [-0.4, -0.2) is 26.3 Å². The Bertz CT molecular complexity index is 564. The van der Waals surface area contributed by atoms with Crippen LogP contribution in [0, 0.1) is 0 Å². The van der Waals surface area contributed by atoms with Crippen molar-refractivity contribution in [2.24, 2.45) is 0 Å². The van der Waals surface area contributed by atoms with Gasteiger partial charge in [0.25, 0.3) is 0 Å². The summed E-state index contributed by atoms with van der Waals surface area (Å²) in [6, 6.07) is 16.0. The number of methoxy groups -OCH3 is 1. The summed E-state index contributed by atoms with van der Waals surface area (Å²) >= 11 is 0. The number of rotatable bonds is 6. The summed E-state index contributed by atoms with van der Waals surface area (Å²) < 4.78 is 5.15. The van der Waals surface area contributed by atoms with Gasteiger partial charge in [0.15, 0.2) is 0 Å². The highest BCUT2D eigenvalue weighted by Crippen LogP contribution is 2.23. The Hall–Kier alpha value is -2.00. The lowest BCUT2D eigenvalue weighted by molar-refractivity contribution is 0.168. The Balaban J connectivity index is 1.97. The average Bonchev–Trinajstić information content (AvgIpc) is 2.53. The van der Waals surface area contributed by atoms with Crippen LogP contribution in [0.25, 0.3) is 0 Å². The molecule has 0 saturated heterocycles. The van der Waals surface area contributed by atoms with Crippen molar-refractivity contribution in [3.05, 3.63) is 59.7 Å². The first-order valence-corrected chi connectivity index (χ1v) is 7.18. The second-order valence-electron chi connectivity index (χ2n) is 5.39. The highest BCUT2D eigenvalue weighted by molar-refractivity contribution is 5.47. The predicted octanol–water partition coefficient (Wildman–Crippen LogP) is 3.43. The van der Waals surface area contributed by atoms with Gasteiger partial charge >= 0.3 is 0 Å². The van der Waals surface area contributed by atoms with Gasteiger partial charge in [0.2, 0.25) is 0 Å². The summed E-state index contributed by atoms with van der Waals surface area (Å²) in [4.78, 5) is 2.04. The van der Waals surface area contributed by atoms with Crippen molar-refractivity contribution in [3.63, 3.8) is 0 Å². The van der Waals surface area contributed by atoms with Gasteiger partial charge in [0.1, 0.15) is 5.75 Å². The number of hydrogen-bond acceptors (Lipinski definition) is 3. The minimum Gasteiger partial charge on any atom is -0.497 e. The Labute approximate surface area is 126 Å². The van der Waals surface area contributed by atoms with Gasteiger partial charge in [-0.05, 0) is 48.2 Å². The Morgan fingerprint density at radius 1 is 1.10 bits per heavy atom. The van der Waals surface area contributed by atoms with Gasteiger partial charge in [-0.15, -0.1) is 0 Å². The van der Waals surface area contributed by atoms with Crippen molar-refractivity contribution in [3.8, 4) is 5.75 Å². The number of aryl methyl sites for hydroxylation is 1. The van der Waals surface area contributed by atoms with Crippen LogP contribution in [0.2, 0.25) is 0 Å². The number of nitrogens with zero attached hydrogens (tertiary/aromatic N) is 1. The molecular weight excluding hydrogens is 262 g/mol. The summed E-state index contributed by atoms with van der Waals surface area (Å²) in [6.45, 7) is 0. The van der Waals surface area contributed by atoms with Crippen molar-refractivity contribution < 1.29 is 9.84 Å². The molecule has 0 fully saturated rings. The first-order valence-electron chi connectivity index (χ1n) is 7.18. The molecule has 2 rings (SSSR count). The fourth-order valence-electron chi connectivity index (χ4n) is 2.27. The number of ether oxygens (including phenoxy) is 1. The molecule has 0 spiro atoms. The van der Waals surface area contributed by atoms with Gasteiger partial charge in [-0.2, -0.15) is 0 Å². The van der Waals surface area contributed by atoms with E-state index in [9.17, 15) is 5.11 Å². The summed E-state index contributed by atoms with van der Waals surface area (Å²) in [5.74, 6) is 0.859. The van der Waals surface area contributed by atoms with Crippen LogP contribution in [0.15, 0.2) is 48.5 Å². The van der Waals surface area contributed by atoms with Gasteiger partial charge in [0, 0.05) is 19.8 Å². The van der Waals surface area contributed by atoms with Gasteiger partial charge in [-0.25, -0.2) is 0 Å². The predicted molar refractivity (Wildman–Crippen MR) is 87.0 cm³/mol. The maximum absolute atomic E-state index is 10.3. The highest BCUT2D eigenvalue weighted by atomic mass is 16.5. The van der Waals surface area contributed by atoms with E-state index in [0.717, 1.165) is 23.4 Å². The molecule has 0 amide bonds. The topological polar surface area (TPSA) is 32.7 Å². The highest BCUT2D eigenvalue weighted by Gasteiger charge is 2.09. The smallest absolute Gasteiger partial charge is 0.118 e. The minimum absolute atomic E-state index is 0.438. The largest absolute Gasteiger partial charge is 0.497 e. The molecule has 2 aromatic carbocycles. The molecule has 0 bridgehead atoms. The van der Waals surface area contributed by atoms with Crippen LogP contribution in [0.3, 0.4) is 0 Å². The summed E-state index contributed by atoms with van der Waals surface area (Å²) in [7, 11) is 5.67. The molecule has 112 valence electrons. The maximum atomic E-state index is 10.3. The van der Waals surface area contributed by atoms with Crippen molar-refractivity contribution >= 4 is 5.69 Å². The average molecular weight is 285 g/mol. The molecule has 0 aliphatic carbocycles. The fraction of sp³-hybridized carbons (Fsp3) is 0.333. The van der Waals surface area contributed by atoms with E-state index in [0.29, 0.717) is 6.42 Å². The Kier molecular flexibility index (Phi) is 5.23. The Morgan fingerprint density at radius 2 is 1.81 bits per heavy atom. The molecule has 3 heteroatoms. The second-order valence-corrected chi connectivity index (χ2v) is 5.39. The molecule has 3 nitrogen and oxygen atoms in total. The number of aliphatic hydroxyl groups is 1. The first-order chi connectivity index (χ1) is 10.1. The van der Waals surface area contributed by atoms with E-state index >= 15 is 0 Å². The van der Waals surface area contributed by atoms with Gasteiger partial charge < -0.3 is 14.7 Å². The monoisotopic (exact) mass is 285 g/mol. The zero-order chi connectivity index (χ0) is 15.2. The van der Waals surface area contributed by atoms with Crippen LogP contribution in [0.1, 0.15) is 23.7 Å². The summed E-state index contributed by atoms with van der Waals surface area (Å²) in [5.41, 5.74) is 3.28. The van der Waals surface area contributed by atoms with E-state index in [1.54, 1.807) is 7.11 Å². The van der Waals surface area contributed by atoms with E-state index in [1.807, 2.05) is 67.5 Å². The van der Waals surface area contributed by atoms with Crippen LogP contribution in [-0.2, 0) is 6.42 Å². The third-order valence-corrected chi connectivity index (χ3v) is 3.64. The fourth-order valence-corrected chi connectivity index (χ4v) is 2.27. The molecule has 1 N–H and O–H groups in total. The van der Waals surface area contributed by atoms with E-state index in [-0.39, 0.29) is 0 Å². The van der Waals surface area contributed by atoms with Crippen LogP contribution >= 0.6 is 0 Å². The zero-order valence-electron chi connectivity index (χ0n) is 12.9. The number of aliphatic hydroxyl groups excluding tert-OH is 1. The zero-order valence-corrected chi connectivity index (χ0v) is 12.9. The summed E-state index contributed by atoms with van der Waals surface area (Å²) in [6.07, 6.45) is 1.12. The maximum Gasteiger partial charge on any atom is 0.118 e. The molecule has 0 aliphatic heterocycles. The van der Waals surface area contributed by atoms with Gasteiger partial charge in [-0.3, -0.25) is 0 Å². The quantitative estimate of drug-likeness (QED) is 0.882. The van der Waals surface area contributed by atoms with Crippen LogP contribution in [0.5, 0.6) is 5.75 Å². The molecule has 0 radical (unpaired) electrons. The second kappa shape index (κ2) is 7.14. The Morgan fingerprint density at radius 3 is 2.43 bits per heavy atom. The lowest BCUT2D eigenvalue weighted by Gasteiger charge is -2.16. The molecule has 21 heavy (non-hydrogen) atoms. The molecule has 0 saturated carbocycles. The lowest BCUT2D eigenvalue weighted by atomic mass is 10.0. The van der Waals surface area contributed by atoms with Crippen molar-refractivity contribution in [2.75, 3.05) is 26.1 Å². The van der Waals surface area contributed by atoms with Crippen molar-refractivity contribution in [1.82, 2.24) is 0 Å². The third-order valence-electron chi connectivity index (χ3n) is 3.64.